The zero-order valence-electron chi connectivity index (χ0n) is 11.6. The molecule has 2 aromatic rings. The number of benzene rings is 2. The lowest BCUT2D eigenvalue weighted by atomic mass is 10.1. The quantitative estimate of drug-likeness (QED) is 0.643. The number of ketones is 1. The summed E-state index contributed by atoms with van der Waals surface area (Å²) in [5.41, 5.74) is 0.739. The van der Waals surface area contributed by atoms with E-state index < -0.39 is 23.4 Å². The number of carbonyl (C=O) groups is 3. The first kappa shape index (κ1) is 15.0. The molecule has 1 aliphatic rings. The number of anilines is 1. The molecule has 1 heterocycles. The van der Waals surface area contributed by atoms with Crippen molar-refractivity contribution in [3.05, 3.63) is 65.5 Å². The third-order valence-corrected chi connectivity index (χ3v) is 3.60. The van der Waals surface area contributed by atoms with Crippen molar-refractivity contribution in [1.29, 1.82) is 0 Å². The Morgan fingerprint density at radius 1 is 1.04 bits per heavy atom. The Balaban J connectivity index is 1.84. The molecule has 0 radical (unpaired) electrons. The van der Waals surface area contributed by atoms with Crippen LogP contribution in [0.4, 0.5) is 10.1 Å². The number of hydrogen-bond donors (Lipinski definition) is 1. The van der Waals surface area contributed by atoms with Crippen LogP contribution in [-0.2, 0) is 4.79 Å². The molecular formula is C16H9FN2O3S. The minimum Gasteiger partial charge on any atom is -0.298 e. The molecule has 0 aliphatic carbocycles. The van der Waals surface area contributed by atoms with E-state index in [4.69, 9.17) is 12.2 Å². The van der Waals surface area contributed by atoms with Gasteiger partial charge in [-0.15, -0.1) is 0 Å². The number of nitrogens with zero attached hydrogens (tertiary/aromatic N) is 1. The SMILES string of the molecule is O=C(NC(=S)N1C(=O)C(=O)c2ccccc21)c1ccc(F)cc1. The fraction of sp³-hybridized carbons (Fsp3) is 0. The van der Waals surface area contributed by atoms with Crippen molar-refractivity contribution in [2.24, 2.45) is 0 Å². The Hall–Kier alpha value is -2.93. The lowest BCUT2D eigenvalue weighted by Gasteiger charge is -2.17. The van der Waals surface area contributed by atoms with Gasteiger partial charge in [0.1, 0.15) is 5.82 Å². The highest BCUT2D eigenvalue weighted by molar-refractivity contribution is 7.80. The summed E-state index contributed by atoms with van der Waals surface area (Å²) in [6.07, 6.45) is 0. The monoisotopic (exact) mass is 328 g/mol. The molecule has 0 aromatic heterocycles. The van der Waals surface area contributed by atoms with E-state index in [1.54, 1.807) is 18.2 Å². The maximum atomic E-state index is 12.9. The van der Waals surface area contributed by atoms with Gasteiger partial charge in [0.15, 0.2) is 5.11 Å². The second-order valence-corrected chi connectivity index (χ2v) is 5.14. The van der Waals surface area contributed by atoms with Gasteiger partial charge in [-0.1, -0.05) is 12.1 Å². The van der Waals surface area contributed by atoms with E-state index in [2.05, 4.69) is 5.32 Å². The predicted octanol–water partition coefficient (Wildman–Crippen LogP) is 2.07. The minimum absolute atomic E-state index is 0.181. The van der Waals surface area contributed by atoms with Crippen LogP contribution in [0.1, 0.15) is 20.7 Å². The average Bonchev–Trinajstić information content (AvgIpc) is 2.80. The van der Waals surface area contributed by atoms with Crippen molar-refractivity contribution in [2.75, 3.05) is 4.90 Å². The Morgan fingerprint density at radius 2 is 1.70 bits per heavy atom. The van der Waals surface area contributed by atoms with Crippen LogP contribution < -0.4 is 10.2 Å². The van der Waals surface area contributed by atoms with Crippen LogP contribution in [0.5, 0.6) is 0 Å². The molecule has 0 saturated heterocycles. The van der Waals surface area contributed by atoms with Gasteiger partial charge in [0.25, 0.3) is 11.7 Å². The summed E-state index contributed by atoms with van der Waals surface area (Å²) >= 11 is 5.07. The van der Waals surface area contributed by atoms with Crippen LogP contribution in [0.15, 0.2) is 48.5 Å². The number of rotatable bonds is 1. The number of para-hydroxylation sites is 1. The lowest BCUT2D eigenvalue weighted by Crippen LogP contribution is -2.45. The largest absolute Gasteiger partial charge is 0.305 e. The molecule has 3 rings (SSSR count). The van der Waals surface area contributed by atoms with Crippen molar-refractivity contribution in [1.82, 2.24) is 5.32 Å². The first-order valence-electron chi connectivity index (χ1n) is 6.58. The van der Waals surface area contributed by atoms with Gasteiger partial charge in [-0.3, -0.25) is 19.7 Å². The Bertz CT molecular complexity index is 849. The highest BCUT2D eigenvalue weighted by atomic mass is 32.1. The second-order valence-electron chi connectivity index (χ2n) is 4.75. The van der Waals surface area contributed by atoms with E-state index in [-0.39, 0.29) is 16.2 Å². The normalized spacial score (nSPS) is 13.0. The molecular weight excluding hydrogens is 319 g/mol. The van der Waals surface area contributed by atoms with E-state index in [9.17, 15) is 18.8 Å². The zero-order chi connectivity index (χ0) is 16.6. The third-order valence-electron chi connectivity index (χ3n) is 3.32. The third kappa shape index (κ3) is 2.62. The van der Waals surface area contributed by atoms with Crippen LogP contribution in [0, 0.1) is 5.82 Å². The van der Waals surface area contributed by atoms with Crippen molar-refractivity contribution in [3.8, 4) is 0 Å². The first-order chi connectivity index (χ1) is 11.0. The van der Waals surface area contributed by atoms with E-state index in [1.165, 1.54) is 18.2 Å². The molecule has 0 saturated carbocycles. The molecule has 7 heteroatoms. The number of Topliss-reactive ketones (excluding diaryl/α,β-unsaturated/α-hetero) is 1. The van der Waals surface area contributed by atoms with E-state index in [1.807, 2.05) is 0 Å². The van der Waals surface area contributed by atoms with Gasteiger partial charge in [0.05, 0.1) is 11.3 Å². The maximum absolute atomic E-state index is 12.9. The Labute approximate surface area is 135 Å². The maximum Gasteiger partial charge on any atom is 0.305 e. The Kier molecular flexibility index (Phi) is 3.71. The Morgan fingerprint density at radius 3 is 2.39 bits per heavy atom. The molecule has 1 aliphatic heterocycles. The number of thiocarbonyl (C=S) groups is 1. The number of carbonyl (C=O) groups excluding carboxylic acids is 3. The first-order valence-corrected chi connectivity index (χ1v) is 6.98. The fourth-order valence-electron chi connectivity index (χ4n) is 2.21. The average molecular weight is 328 g/mol. The van der Waals surface area contributed by atoms with Crippen LogP contribution in [0.3, 0.4) is 0 Å². The molecule has 2 amide bonds. The summed E-state index contributed by atoms with van der Waals surface area (Å²) in [6, 6.07) is 11.2. The highest BCUT2D eigenvalue weighted by Gasteiger charge is 2.38. The summed E-state index contributed by atoms with van der Waals surface area (Å²) in [7, 11) is 0. The number of hydrogen-bond acceptors (Lipinski definition) is 4. The van der Waals surface area contributed by atoms with Crippen molar-refractivity contribution >= 4 is 40.6 Å². The molecule has 2 aromatic carbocycles. The van der Waals surface area contributed by atoms with E-state index >= 15 is 0 Å². The fourth-order valence-corrected chi connectivity index (χ4v) is 2.49. The van der Waals surface area contributed by atoms with Crippen LogP contribution in [-0.4, -0.2) is 22.7 Å². The minimum atomic E-state index is -0.824. The second kappa shape index (κ2) is 5.69. The number of nitrogens with one attached hydrogen (secondary N) is 1. The highest BCUT2D eigenvalue weighted by Crippen LogP contribution is 2.28. The lowest BCUT2D eigenvalue weighted by molar-refractivity contribution is -0.113. The number of amides is 2. The zero-order valence-corrected chi connectivity index (χ0v) is 12.4. The van der Waals surface area contributed by atoms with Crippen LogP contribution in [0.2, 0.25) is 0 Å². The molecule has 1 N–H and O–H groups in total. The van der Waals surface area contributed by atoms with Gasteiger partial charge in [-0.25, -0.2) is 9.29 Å². The molecule has 0 atom stereocenters. The van der Waals surface area contributed by atoms with Gasteiger partial charge < -0.3 is 0 Å². The van der Waals surface area contributed by atoms with Gasteiger partial charge in [0, 0.05) is 5.56 Å². The van der Waals surface area contributed by atoms with E-state index in [0.29, 0.717) is 5.69 Å². The molecule has 5 nitrogen and oxygen atoms in total. The van der Waals surface area contributed by atoms with E-state index in [0.717, 1.165) is 17.0 Å². The number of fused-ring (bicyclic) bond motifs is 1. The molecule has 0 fully saturated rings. The standard InChI is InChI=1S/C16H9FN2O3S/c17-10-7-5-9(6-8-10)14(21)18-16(23)19-12-4-2-1-3-11(12)13(20)15(19)22/h1-8H,(H,18,21,23). The molecule has 0 spiro atoms. The summed E-state index contributed by atoms with van der Waals surface area (Å²) in [5.74, 6) is -2.58. The smallest absolute Gasteiger partial charge is 0.298 e. The summed E-state index contributed by atoms with van der Waals surface area (Å²) in [4.78, 5) is 37.0. The van der Waals surface area contributed by atoms with Crippen molar-refractivity contribution in [2.45, 2.75) is 0 Å². The summed E-state index contributed by atoms with van der Waals surface area (Å²) in [5, 5.41) is 2.17. The van der Waals surface area contributed by atoms with Crippen LogP contribution >= 0.6 is 12.2 Å². The molecule has 114 valence electrons. The molecule has 0 bridgehead atoms. The van der Waals surface area contributed by atoms with Gasteiger partial charge in [0.2, 0.25) is 0 Å². The summed E-state index contributed by atoms with van der Waals surface area (Å²) < 4.78 is 12.9. The predicted molar refractivity (Wildman–Crippen MR) is 84.7 cm³/mol. The van der Waals surface area contributed by atoms with Crippen LogP contribution in [0.25, 0.3) is 0 Å². The number of halogens is 1. The topological polar surface area (TPSA) is 66.5 Å². The molecule has 23 heavy (non-hydrogen) atoms. The van der Waals surface area contributed by atoms with Gasteiger partial charge >= 0.3 is 5.91 Å². The van der Waals surface area contributed by atoms with Gasteiger partial charge in [-0.2, -0.15) is 0 Å². The summed E-state index contributed by atoms with van der Waals surface area (Å²) in [6.45, 7) is 0. The van der Waals surface area contributed by atoms with Crippen molar-refractivity contribution in [3.63, 3.8) is 0 Å². The van der Waals surface area contributed by atoms with Gasteiger partial charge in [-0.05, 0) is 48.6 Å². The van der Waals surface area contributed by atoms with Crippen molar-refractivity contribution < 1.29 is 18.8 Å². The molecule has 0 unspecified atom stereocenters.